The van der Waals surface area contributed by atoms with Crippen LogP contribution in [-0.2, 0) is 9.59 Å². The highest BCUT2D eigenvalue weighted by Crippen LogP contribution is 2.34. The summed E-state index contributed by atoms with van der Waals surface area (Å²) in [5, 5.41) is 2.65. The van der Waals surface area contributed by atoms with Gasteiger partial charge < -0.3 is 16.0 Å². The van der Waals surface area contributed by atoms with E-state index < -0.39 is 11.8 Å². The molecule has 6 nitrogen and oxygen atoms in total. The molecule has 7 heteroatoms. The third-order valence-corrected chi connectivity index (χ3v) is 5.38. The summed E-state index contributed by atoms with van der Waals surface area (Å²) in [6.07, 6.45) is 3.31. The summed E-state index contributed by atoms with van der Waals surface area (Å²) in [7, 11) is 0. The van der Waals surface area contributed by atoms with Crippen LogP contribution in [0.3, 0.4) is 0 Å². The van der Waals surface area contributed by atoms with Gasteiger partial charge >= 0.3 is 11.8 Å². The molecule has 27 heavy (non-hydrogen) atoms. The van der Waals surface area contributed by atoms with E-state index in [1.807, 2.05) is 24.3 Å². The predicted molar refractivity (Wildman–Crippen MR) is 109 cm³/mol. The second-order valence-corrected chi connectivity index (χ2v) is 8.01. The van der Waals surface area contributed by atoms with Gasteiger partial charge in [0.05, 0.1) is 17.9 Å². The van der Waals surface area contributed by atoms with Crippen LogP contribution in [0.15, 0.2) is 41.0 Å². The van der Waals surface area contributed by atoms with Crippen molar-refractivity contribution in [3.63, 3.8) is 0 Å². The van der Waals surface area contributed by atoms with E-state index in [2.05, 4.69) is 33.2 Å². The summed E-state index contributed by atoms with van der Waals surface area (Å²) in [6, 6.07) is 9.50. The molecule has 0 radical (unpaired) electrons. The lowest BCUT2D eigenvalue weighted by Crippen LogP contribution is -2.46. The Kier molecular flexibility index (Phi) is 5.79. The molecule has 142 valence electrons. The summed E-state index contributed by atoms with van der Waals surface area (Å²) in [5.41, 5.74) is 7.94. The quantitative estimate of drug-likeness (QED) is 0.711. The average molecular weight is 431 g/mol. The van der Waals surface area contributed by atoms with E-state index in [4.69, 9.17) is 5.73 Å². The van der Waals surface area contributed by atoms with Gasteiger partial charge in [-0.2, -0.15) is 0 Å². The molecule has 2 amide bonds. The molecule has 0 bridgehead atoms. The van der Waals surface area contributed by atoms with Crippen LogP contribution in [0.5, 0.6) is 0 Å². The van der Waals surface area contributed by atoms with Gasteiger partial charge in [0.15, 0.2) is 0 Å². The predicted octanol–water partition coefficient (Wildman–Crippen LogP) is 3.67. The van der Waals surface area contributed by atoms with E-state index in [-0.39, 0.29) is 6.04 Å². The third-order valence-electron chi connectivity index (χ3n) is 4.88. The lowest BCUT2D eigenvalue weighted by Gasteiger charge is -2.38. The highest BCUT2D eigenvalue weighted by atomic mass is 79.9. The van der Waals surface area contributed by atoms with Crippen LogP contribution in [0.4, 0.5) is 11.5 Å². The Morgan fingerprint density at radius 3 is 2.78 bits per heavy atom. The number of nitrogen functional groups attached to an aromatic ring is 1. The number of anilines is 2. The first-order valence-electron chi connectivity index (χ1n) is 8.94. The van der Waals surface area contributed by atoms with Crippen molar-refractivity contribution in [2.24, 2.45) is 5.92 Å². The molecule has 2 heterocycles. The van der Waals surface area contributed by atoms with Crippen molar-refractivity contribution in [3.05, 3.63) is 52.1 Å². The van der Waals surface area contributed by atoms with Crippen LogP contribution in [0.25, 0.3) is 0 Å². The van der Waals surface area contributed by atoms with Crippen molar-refractivity contribution < 1.29 is 9.59 Å². The number of aryl methyl sites for hydroxylation is 1. The van der Waals surface area contributed by atoms with Crippen molar-refractivity contribution in [1.29, 1.82) is 0 Å². The first-order chi connectivity index (χ1) is 12.8. The first-order valence-corrected chi connectivity index (χ1v) is 9.74. The summed E-state index contributed by atoms with van der Waals surface area (Å²) in [4.78, 5) is 31.2. The molecule has 1 aromatic carbocycles. The molecule has 0 aliphatic carbocycles. The summed E-state index contributed by atoms with van der Waals surface area (Å²) < 4.78 is 0.957. The highest BCUT2D eigenvalue weighted by Gasteiger charge is 2.34. The molecule has 3 rings (SSSR count). The Morgan fingerprint density at radius 1 is 1.30 bits per heavy atom. The second kappa shape index (κ2) is 8.08. The third kappa shape index (κ3) is 4.47. The van der Waals surface area contributed by atoms with Crippen molar-refractivity contribution in [2.75, 3.05) is 17.6 Å². The highest BCUT2D eigenvalue weighted by molar-refractivity contribution is 9.10. The van der Waals surface area contributed by atoms with Crippen LogP contribution in [0.2, 0.25) is 0 Å². The van der Waals surface area contributed by atoms with Gasteiger partial charge in [0.25, 0.3) is 0 Å². The summed E-state index contributed by atoms with van der Waals surface area (Å²) in [6.45, 7) is 4.46. The van der Waals surface area contributed by atoms with E-state index >= 15 is 0 Å². The standard InChI is InChI=1S/C20H23BrN4O2/c1-12-6-7-17(14-4-3-5-15(21)9-14)25(11-12)20(27)19(26)24-16-8-13(2)18(22)23-10-16/h3-5,8-10,12,17H,6-7,11H2,1-2H3,(H2,22,23)(H,24,26). The fraction of sp³-hybridized carbons (Fsp3) is 0.350. The van der Waals surface area contributed by atoms with E-state index in [1.165, 1.54) is 6.20 Å². The van der Waals surface area contributed by atoms with Gasteiger partial charge in [-0.05, 0) is 55.0 Å². The Balaban J connectivity index is 1.80. The lowest BCUT2D eigenvalue weighted by molar-refractivity contribution is -0.146. The maximum atomic E-state index is 12.9. The number of pyridine rings is 1. The Morgan fingerprint density at radius 2 is 2.07 bits per heavy atom. The fourth-order valence-electron chi connectivity index (χ4n) is 3.41. The van der Waals surface area contributed by atoms with Gasteiger partial charge in [0.2, 0.25) is 0 Å². The monoisotopic (exact) mass is 430 g/mol. The summed E-state index contributed by atoms with van der Waals surface area (Å²) in [5.74, 6) is -0.430. The number of nitrogens with one attached hydrogen (secondary N) is 1. The minimum Gasteiger partial charge on any atom is -0.383 e. The topological polar surface area (TPSA) is 88.3 Å². The molecule has 1 fully saturated rings. The van der Waals surface area contributed by atoms with Gasteiger partial charge in [-0.25, -0.2) is 4.98 Å². The molecule has 0 spiro atoms. The van der Waals surface area contributed by atoms with Gasteiger partial charge in [-0.3, -0.25) is 9.59 Å². The fourth-order valence-corrected chi connectivity index (χ4v) is 3.82. The zero-order chi connectivity index (χ0) is 19.6. The van der Waals surface area contributed by atoms with Crippen molar-refractivity contribution in [3.8, 4) is 0 Å². The molecule has 2 unspecified atom stereocenters. The normalized spacial score (nSPS) is 19.6. The SMILES string of the molecule is Cc1cc(NC(=O)C(=O)N2CC(C)CCC2c2cccc(Br)c2)cnc1N. The molecule has 3 N–H and O–H groups in total. The number of likely N-dealkylation sites (tertiary alicyclic amines) is 1. The van der Waals surface area contributed by atoms with E-state index in [1.54, 1.807) is 17.9 Å². The molecular formula is C20H23BrN4O2. The number of nitrogens with two attached hydrogens (primary N) is 1. The maximum Gasteiger partial charge on any atom is 0.313 e. The number of aromatic nitrogens is 1. The van der Waals surface area contributed by atoms with Gasteiger partial charge in [0.1, 0.15) is 5.82 Å². The lowest BCUT2D eigenvalue weighted by atomic mass is 9.90. The molecule has 1 aromatic heterocycles. The molecule has 2 aromatic rings. The van der Waals surface area contributed by atoms with Crippen molar-refractivity contribution >= 4 is 39.2 Å². The molecule has 1 saturated heterocycles. The Bertz CT molecular complexity index is 871. The smallest absolute Gasteiger partial charge is 0.313 e. The largest absolute Gasteiger partial charge is 0.383 e. The van der Waals surface area contributed by atoms with Gasteiger partial charge in [0, 0.05) is 11.0 Å². The van der Waals surface area contributed by atoms with Crippen LogP contribution >= 0.6 is 15.9 Å². The zero-order valence-electron chi connectivity index (χ0n) is 15.4. The average Bonchev–Trinajstić information content (AvgIpc) is 2.64. The molecule has 1 aliphatic heterocycles. The Labute approximate surface area is 167 Å². The number of amides is 2. The molecule has 1 aliphatic rings. The second-order valence-electron chi connectivity index (χ2n) is 7.09. The van der Waals surface area contributed by atoms with Crippen molar-refractivity contribution in [2.45, 2.75) is 32.7 Å². The number of hydrogen-bond acceptors (Lipinski definition) is 4. The summed E-state index contributed by atoms with van der Waals surface area (Å²) >= 11 is 3.48. The first kappa shape index (κ1) is 19.4. The molecule has 0 saturated carbocycles. The van der Waals surface area contributed by atoms with Gasteiger partial charge in [-0.15, -0.1) is 0 Å². The zero-order valence-corrected chi connectivity index (χ0v) is 17.0. The number of nitrogens with zero attached hydrogens (tertiary/aromatic N) is 2. The number of piperidine rings is 1. The number of benzene rings is 1. The number of halogens is 1. The number of carbonyl (C=O) groups is 2. The van der Waals surface area contributed by atoms with E-state index in [0.717, 1.165) is 28.4 Å². The van der Waals surface area contributed by atoms with Crippen LogP contribution in [0.1, 0.15) is 36.9 Å². The number of rotatable bonds is 2. The molecular weight excluding hydrogens is 408 g/mol. The van der Waals surface area contributed by atoms with Crippen LogP contribution in [-0.4, -0.2) is 28.2 Å². The van der Waals surface area contributed by atoms with E-state index in [0.29, 0.717) is 24.0 Å². The van der Waals surface area contributed by atoms with Crippen LogP contribution in [0, 0.1) is 12.8 Å². The minimum atomic E-state index is -0.657. The van der Waals surface area contributed by atoms with Crippen molar-refractivity contribution in [1.82, 2.24) is 9.88 Å². The number of carbonyl (C=O) groups excluding carboxylic acids is 2. The molecule has 2 atom stereocenters. The van der Waals surface area contributed by atoms with Gasteiger partial charge in [-0.1, -0.05) is 35.0 Å². The van der Waals surface area contributed by atoms with E-state index in [9.17, 15) is 9.59 Å². The maximum absolute atomic E-state index is 12.9. The minimum absolute atomic E-state index is 0.108. The Hall–Kier alpha value is -2.41. The number of hydrogen-bond donors (Lipinski definition) is 2. The van der Waals surface area contributed by atoms with Crippen LogP contribution < -0.4 is 11.1 Å².